The molecule has 0 atom stereocenters. The van der Waals surface area contributed by atoms with Gasteiger partial charge in [-0.15, -0.1) is 12.4 Å². The summed E-state index contributed by atoms with van der Waals surface area (Å²) in [6.45, 7) is 6.47. The lowest BCUT2D eigenvalue weighted by Gasteiger charge is -2.18. The smallest absolute Gasteiger partial charge is 0.123 e. The van der Waals surface area contributed by atoms with Crippen LogP contribution in [0.25, 0.3) is 0 Å². The van der Waals surface area contributed by atoms with Gasteiger partial charge < -0.3 is 5.11 Å². The highest BCUT2D eigenvalue weighted by atomic mass is 35.5. The summed E-state index contributed by atoms with van der Waals surface area (Å²) in [5.74, 6) is -0.136. The highest BCUT2D eigenvalue weighted by Gasteiger charge is 2.06. The molecule has 1 rings (SSSR count). The molecule has 0 aliphatic rings. The van der Waals surface area contributed by atoms with E-state index in [1.165, 1.54) is 18.2 Å². The molecule has 2 nitrogen and oxygen atoms in total. The fourth-order valence-corrected chi connectivity index (χ4v) is 1.37. The summed E-state index contributed by atoms with van der Waals surface area (Å²) in [4.78, 5) is 2.12. The monoisotopic (exact) mass is 233 g/mol. The number of phenolic OH excluding ortho intramolecular Hbond substituents is 1. The first-order chi connectivity index (χ1) is 6.67. The van der Waals surface area contributed by atoms with Gasteiger partial charge in [-0.25, -0.2) is 4.39 Å². The maximum Gasteiger partial charge on any atom is 0.123 e. The number of halogens is 2. The number of rotatable bonds is 4. The Hall–Kier alpha value is -0.800. The van der Waals surface area contributed by atoms with E-state index < -0.39 is 0 Å². The third-order valence-corrected chi connectivity index (χ3v) is 2.33. The molecule has 0 fully saturated rings. The second kappa shape index (κ2) is 6.64. The highest BCUT2D eigenvalue weighted by molar-refractivity contribution is 5.85. The average molecular weight is 234 g/mol. The number of benzene rings is 1. The molecule has 0 radical (unpaired) electrons. The molecule has 0 bridgehead atoms. The fraction of sp³-hybridized carbons (Fsp3) is 0.455. The minimum absolute atomic E-state index is 0. The third-order valence-electron chi connectivity index (χ3n) is 2.33. The number of nitrogens with zero attached hydrogens (tertiary/aromatic N) is 1. The van der Waals surface area contributed by atoms with E-state index in [-0.39, 0.29) is 24.0 Å². The van der Waals surface area contributed by atoms with Gasteiger partial charge in [-0.2, -0.15) is 0 Å². The first-order valence-corrected chi connectivity index (χ1v) is 4.87. The van der Waals surface area contributed by atoms with Crippen molar-refractivity contribution >= 4 is 12.4 Å². The van der Waals surface area contributed by atoms with E-state index in [9.17, 15) is 9.50 Å². The Morgan fingerprint density at radius 1 is 1.27 bits per heavy atom. The average Bonchev–Trinajstić information content (AvgIpc) is 2.19. The van der Waals surface area contributed by atoms with Crippen molar-refractivity contribution in [3.8, 4) is 5.75 Å². The van der Waals surface area contributed by atoms with Crippen LogP contribution in [0.2, 0.25) is 0 Å². The Bertz CT molecular complexity index is 303. The van der Waals surface area contributed by atoms with E-state index in [1.807, 2.05) is 13.8 Å². The Morgan fingerprint density at radius 3 is 2.40 bits per heavy atom. The van der Waals surface area contributed by atoms with Crippen LogP contribution in [-0.2, 0) is 6.54 Å². The van der Waals surface area contributed by atoms with Crippen LogP contribution >= 0.6 is 12.4 Å². The van der Waals surface area contributed by atoms with Crippen LogP contribution in [0.1, 0.15) is 19.4 Å². The third kappa shape index (κ3) is 4.06. The number of aromatic hydroxyl groups is 1. The van der Waals surface area contributed by atoms with Crippen molar-refractivity contribution in [2.45, 2.75) is 20.4 Å². The Morgan fingerprint density at radius 2 is 1.87 bits per heavy atom. The molecule has 15 heavy (non-hydrogen) atoms. The second-order valence-electron chi connectivity index (χ2n) is 3.23. The minimum atomic E-state index is -0.301. The van der Waals surface area contributed by atoms with Crippen LogP contribution in [0.15, 0.2) is 18.2 Å². The molecule has 0 spiro atoms. The molecule has 0 amide bonds. The maximum atomic E-state index is 12.9. The summed E-state index contributed by atoms with van der Waals surface area (Å²) >= 11 is 0. The molecular formula is C11H17ClFNO. The summed E-state index contributed by atoms with van der Waals surface area (Å²) < 4.78 is 12.9. The molecule has 0 aliphatic heterocycles. The quantitative estimate of drug-likeness (QED) is 0.865. The second-order valence-corrected chi connectivity index (χ2v) is 3.23. The standard InChI is InChI=1S/C11H16FNO.ClH/c1-3-13(4-2)8-9-7-10(12)5-6-11(9)14;/h5-7,14H,3-4,8H2,1-2H3;1H. The van der Waals surface area contributed by atoms with E-state index in [2.05, 4.69) is 4.90 Å². The van der Waals surface area contributed by atoms with Gasteiger partial charge in [0.1, 0.15) is 11.6 Å². The van der Waals surface area contributed by atoms with Crippen molar-refractivity contribution in [3.63, 3.8) is 0 Å². The zero-order valence-corrected chi connectivity index (χ0v) is 9.85. The molecule has 1 aromatic rings. The molecule has 0 unspecified atom stereocenters. The minimum Gasteiger partial charge on any atom is -0.508 e. The zero-order valence-electron chi connectivity index (χ0n) is 9.03. The summed E-state index contributed by atoms with van der Waals surface area (Å²) in [7, 11) is 0. The van der Waals surface area contributed by atoms with Gasteiger partial charge >= 0.3 is 0 Å². The number of hydrogen-bond donors (Lipinski definition) is 1. The van der Waals surface area contributed by atoms with Crippen LogP contribution in [-0.4, -0.2) is 23.1 Å². The SMILES string of the molecule is CCN(CC)Cc1cc(F)ccc1O.Cl. The molecule has 4 heteroatoms. The molecule has 0 aliphatic carbocycles. The normalized spacial score (nSPS) is 10.1. The van der Waals surface area contributed by atoms with Crippen LogP contribution in [0.3, 0.4) is 0 Å². The first kappa shape index (κ1) is 14.2. The van der Waals surface area contributed by atoms with Crippen molar-refractivity contribution in [2.24, 2.45) is 0 Å². The molecule has 0 saturated carbocycles. The molecule has 0 saturated heterocycles. The van der Waals surface area contributed by atoms with Gasteiger partial charge in [-0.1, -0.05) is 13.8 Å². The van der Waals surface area contributed by atoms with Crippen LogP contribution in [0, 0.1) is 5.82 Å². The lowest BCUT2D eigenvalue weighted by atomic mass is 10.2. The van der Waals surface area contributed by atoms with Crippen molar-refractivity contribution in [1.29, 1.82) is 0 Å². The van der Waals surface area contributed by atoms with Crippen LogP contribution in [0.5, 0.6) is 5.75 Å². The lowest BCUT2D eigenvalue weighted by Crippen LogP contribution is -2.22. The predicted octanol–water partition coefficient (Wildman–Crippen LogP) is 2.79. The molecular weight excluding hydrogens is 217 g/mol. The molecule has 0 aromatic heterocycles. The van der Waals surface area contributed by atoms with E-state index in [1.54, 1.807) is 0 Å². The largest absolute Gasteiger partial charge is 0.508 e. The highest BCUT2D eigenvalue weighted by Crippen LogP contribution is 2.19. The summed E-state index contributed by atoms with van der Waals surface area (Å²) in [5.41, 5.74) is 0.647. The van der Waals surface area contributed by atoms with Gasteiger partial charge in [0.05, 0.1) is 0 Å². The molecule has 86 valence electrons. The summed E-state index contributed by atoms with van der Waals surface area (Å²) in [6, 6.07) is 4.04. The van der Waals surface area contributed by atoms with Gasteiger partial charge in [-0.05, 0) is 31.3 Å². The summed E-state index contributed by atoms with van der Waals surface area (Å²) in [5, 5.41) is 9.48. The van der Waals surface area contributed by atoms with Crippen molar-refractivity contribution < 1.29 is 9.50 Å². The van der Waals surface area contributed by atoms with Gasteiger partial charge in [0.2, 0.25) is 0 Å². The van der Waals surface area contributed by atoms with Gasteiger partial charge in [-0.3, -0.25) is 4.90 Å². The number of hydrogen-bond acceptors (Lipinski definition) is 2. The Labute approximate surface area is 96.1 Å². The van der Waals surface area contributed by atoms with E-state index in [0.717, 1.165) is 13.1 Å². The molecule has 0 heterocycles. The van der Waals surface area contributed by atoms with E-state index in [4.69, 9.17) is 0 Å². The molecule has 1 N–H and O–H groups in total. The maximum absolute atomic E-state index is 12.9. The predicted molar refractivity (Wildman–Crippen MR) is 61.9 cm³/mol. The van der Waals surface area contributed by atoms with Gasteiger partial charge in [0.15, 0.2) is 0 Å². The Balaban J connectivity index is 0.00000196. The topological polar surface area (TPSA) is 23.5 Å². The van der Waals surface area contributed by atoms with Crippen LogP contribution < -0.4 is 0 Å². The van der Waals surface area contributed by atoms with Crippen molar-refractivity contribution in [1.82, 2.24) is 4.90 Å². The van der Waals surface area contributed by atoms with Crippen LogP contribution in [0.4, 0.5) is 4.39 Å². The lowest BCUT2D eigenvalue weighted by molar-refractivity contribution is 0.290. The van der Waals surface area contributed by atoms with E-state index >= 15 is 0 Å². The van der Waals surface area contributed by atoms with Crippen molar-refractivity contribution in [2.75, 3.05) is 13.1 Å². The Kier molecular flexibility index (Phi) is 6.29. The molecule has 1 aromatic carbocycles. The van der Waals surface area contributed by atoms with E-state index in [0.29, 0.717) is 12.1 Å². The number of phenols is 1. The first-order valence-electron chi connectivity index (χ1n) is 4.87. The summed E-state index contributed by atoms with van der Waals surface area (Å²) in [6.07, 6.45) is 0. The fourth-order valence-electron chi connectivity index (χ4n) is 1.37. The zero-order chi connectivity index (χ0) is 10.6. The van der Waals surface area contributed by atoms with Gasteiger partial charge in [0, 0.05) is 12.1 Å². The van der Waals surface area contributed by atoms with Crippen molar-refractivity contribution in [3.05, 3.63) is 29.6 Å². The van der Waals surface area contributed by atoms with Gasteiger partial charge in [0.25, 0.3) is 0 Å².